The molecule has 0 aromatic rings. The molecule has 0 aliphatic carbocycles. The van der Waals surface area contributed by atoms with Gasteiger partial charge in [-0.3, -0.25) is 0 Å². The molecule has 1 atom stereocenters. The van der Waals surface area contributed by atoms with Crippen molar-refractivity contribution in [3.63, 3.8) is 0 Å². The van der Waals surface area contributed by atoms with Gasteiger partial charge in [-0.05, 0) is 20.3 Å². The zero-order valence-electron chi connectivity index (χ0n) is 6.52. The first kappa shape index (κ1) is 9.45. The minimum Gasteiger partial charge on any atom is -0.323 e. The van der Waals surface area contributed by atoms with Gasteiger partial charge >= 0.3 is 0 Å². The largest absolute Gasteiger partial charge is 0.323 e. The second-order valence-corrected chi connectivity index (χ2v) is 3.03. The first-order chi connectivity index (χ1) is 4.48. The van der Waals surface area contributed by atoms with Crippen LogP contribution in [-0.2, 0) is 0 Å². The molecule has 0 aliphatic rings. The van der Waals surface area contributed by atoms with Gasteiger partial charge in [-0.25, -0.2) is 4.39 Å². The van der Waals surface area contributed by atoms with Gasteiger partial charge in [0.05, 0.1) is 0 Å². The zero-order chi connectivity index (χ0) is 8.20. The van der Waals surface area contributed by atoms with Crippen LogP contribution in [0, 0.1) is 12.3 Å². The number of rotatable bonds is 3. The van der Waals surface area contributed by atoms with Crippen molar-refractivity contribution in [2.45, 2.75) is 38.4 Å². The number of hydrogen-bond acceptors (Lipinski definition) is 1. The molecule has 0 radical (unpaired) electrons. The van der Waals surface area contributed by atoms with Gasteiger partial charge in [0.1, 0.15) is 6.17 Å². The summed E-state index contributed by atoms with van der Waals surface area (Å²) < 4.78 is 12.9. The van der Waals surface area contributed by atoms with E-state index in [0.29, 0.717) is 12.8 Å². The van der Waals surface area contributed by atoms with Gasteiger partial charge in [0.2, 0.25) is 0 Å². The van der Waals surface area contributed by atoms with Crippen LogP contribution < -0.4 is 5.73 Å². The smallest absolute Gasteiger partial charge is 0.118 e. The Kier molecular flexibility index (Phi) is 3.38. The number of halogens is 1. The Bertz CT molecular complexity index is 129. The molecule has 0 aliphatic heterocycles. The van der Waals surface area contributed by atoms with E-state index in [1.54, 1.807) is 13.8 Å². The Hall–Kier alpha value is -0.550. The van der Waals surface area contributed by atoms with Crippen molar-refractivity contribution in [2.24, 2.45) is 5.73 Å². The third-order valence-electron chi connectivity index (χ3n) is 1.35. The molecule has 0 aromatic heterocycles. The summed E-state index contributed by atoms with van der Waals surface area (Å²) in [6, 6.07) is 0. The van der Waals surface area contributed by atoms with Gasteiger partial charge in [-0.2, -0.15) is 0 Å². The summed E-state index contributed by atoms with van der Waals surface area (Å²) >= 11 is 0. The quantitative estimate of drug-likeness (QED) is 0.595. The summed E-state index contributed by atoms with van der Waals surface area (Å²) in [5, 5.41) is 0. The molecule has 2 N–H and O–H groups in total. The van der Waals surface area contributed by atoms with Gasteiger partial charge in [-0.15, -0.1) is 12.3 Å². The summed E-state index contributed by atoms with van der Waals surface area (Å²) in [6.45, 7) is 3.32. The number of hydrogen-bond donors (Lipinski definition) is 1. The monoisotopic (exact) mass is 143 g/mol. The van der Waals surface area contributed by atoms with E-state index in [-0.39, 0.29) is 0 Å². The molecule has 0 saturated heterocycles. The van der Waals surface area contributed by atoms with Crippen molar-refractivity contribution in [3.8, 4) is 12.3 Å². The molecule has 1 unspecified atom stereocenters. The maximum absolute atomic E-state index is 12.9. The molecule has 58 valence electrons. The molecule has 0 saturated carbocycles. The highest BCUT2D eigenvalue weighted by Gasteiger charge is 2.23. The Morgan fingerprint density at radius 1 is 1.70 bits per heavy atom. The van der Waals surface area contributed by atoms with E-state index in [1.165, 1.54) is 0 Å². The van der Waals surface area contributed by atoms with Crippen molar-refractivity contribution in [1.82, 2.24) is 0 Å². The first-order valence-corrected chi connectivity index (χ1v) is 3.35. The topological polar surface area (TPSA) is 26.0 Å². The number of terminal acetylenes is 1. The fraction of sp³-hybridized carbons (Fsp3) is 0.750. The average molecular weight is 143 g/mol. The zero-order valence-corrected chi connectivity index (χ0v) is 6.52. The van der Waals surface area contributed by atoms with Gasteiger partial charge in [0, 0.05) is 12.0 Å². The van der Waals surface area contributed by atoms with Crippen molar-refractivity contribution < 1.29 is 4.39 Å². The molecule has 2 heteroatoms. The molecular formula is C8H14FN. The lowest BCUT2D eigenvalue weighted by Gasteiger charge is -2.22. The fourth-order valence-electron chi connectivity index (χ4n) is 0.582. The molecule has 0 amide bonds. The Morgan fingerprint density at radius 2 is 2.20 bits per heavy atom. The van der Waals surface area contributed by atoms with Crippen molar-refractivity contribution in [3.05, 3.63) is 0 Å². The molecule has 0 heterocycles. The molecular weight excluding hydrogens is 129 g/mol. The van der Waals surface area contributed by atoms with E-state index >= 15 is 0 Å². The lowest BCUT2D eigenvalue weighted by molar-refractivity contribution is 0.208. The van der Waals surface area contributed by atoms with E-state index in [4.69, 9.17) is 12.2 Å². The highest BCUT2D eigenvalue weighted by atomic mass is 19.1. The summed E-state index contributed by atoms with van der Waals surface area (Å²) in [5.74, 6) is 2.38. The summed E-state index contributed by atoms with van der Waals surface area (Å²) in [5.41, 5.74) is 4.72. The van der Waals surface area contributed by atoms with Crippen LogP contribution in [0.5, 0.6) is 0 Å². The van der Waals surface area contributed by atoms with Crippen LogP contribution in [0.4, 0.5) is 4.39 Å². The van der Waals surface area contributed by atoms with Gasteiger partial charge in [-0.1, -0.05) is 0 Å². The minimum atomic E-state index is -0.997. The lowest BCUT2D eigenvalue weighted by atomic mass is 9.97. The van der Waals surface area contributed by atoms with E-state index in [2.05, 4.69) is 5.92 Å². The van der Waals surface area contributed by atoms with Gasteiger partial charge in [0.25, 0.3) is 0 Å². The van der Waals surface area contributed by atoms with Gasteiger partial charge in [0.15, 0.2) is 0 Å². The fourth-order valence-corrected chi connectivity index (χ4v) is 0.582. The van der Waals surface area contributed by atoms with E-state index in [9.17, 15) is 4.39 Å². The second-order valence-electron chi connectivity index (χ2n) is 3.03. The summed E-state index contributed by atoms with van der Waals surface area (Å²) in [4.78, 5) is 0. The molecule has 0 rings (SSSR count). The maximum Gasteiger partial charge on any atom is 0.118 e. The highest BCUT2D eigenvalue weighted by Crippen LogP contribution is 2.14. The van der Waals surface area contributed by atoms with Crippen LogP contribution in [0.2, 0.25) is 0 Å². The third kappa shape index (κ3) is 3.47. The summed E-state index contributed by atoms with van der Waals surface area (Å²) in [7, 11) is 0. The van der Waals surface area contributed by atoms with Crippen LogP contribution >= 0.6 is 0 Å². The van der Waals surface area contributed by atoms with E-state index in [1.807, 2.05) is 0 Å². The second kappa shape index (κ2) is 3.58. The number of alkyl halides is 1. The molecule has 0 fully saturated rings. The predicted octanol–water partition coefficient (Wildman–Crippen LogP) is 1.48. The van der Waals surface area contributed by atoms with Crippen molar-refractivity contribution >= 4 is 0 Å². The van der Waals surface area contributed by atoms with Crippen LogP contribution in [0.1, 0.15) is 26.7 Å². The van der Waals surface area contributed by atoms with Gasteiger partial charge < -0.3 is 5.73 Å². The van der Waals surface area contributed by atoms with E-state index < -0.39 is 11.7 Å². The Morgan fingerprint density at radius 3 is 2.50 bits per heavy atom. The molecule has 0 spiro atoms. The number of nitrogens with two attached hydrogens (primary N) is 1. The first-order valence-electron chi connectivity index (χ1n) is 3.35. The SMILES string of the molecule is C#CCCC(F)C(C)(C)N. The maximum atomic E-state index is 12.9. The summed E-state index contributed by atoms with van der Waals surface area (Å²) in [6.07, 6.45) is 4.79. The predicted molar refractivity (Wildman–Crippen MR) is 41.2 cm³/mol. The standard InChI is InChI=1S/C8H14FN/c1-4-5-6-7(9)8(2,3)10/h1,7H,5-6,10H2,2-3H3. The van der Waals surface area contributed by atoms with Crippen molar-refractivity contribution in [1.29, 1.82) is 0 Å². The highest BCUT2D eigenvalue weighted by molar-refractivity contribution is 4.89. The molecule has 0 bridgehead atoms. The third-order valence-corrected chi connectivity index (χ3v) is 1.35. The van der Waals surface area contributed by atoms with Crippen LogP contribution in [-0.4, -0.2) is 11.7 Å². The van der Waals surface area contributed by atoms with Crippen LogP contribution in [0.15, 0.2) is 0 Å². The average Bonchev–Trinajstić information content (AvgIpc) is 1.80. The van der Waals surface area contributed by atoms with Crippen LogP contribution in [0.25, 0.3) is 0 Å². The molecule has 10 heavy (non-hydrogen) atoms. The Balaban J connectivity index is 3.65. The Labute approximate surface area is 61.8 Å². The van der Waals surface area contributed by atoms with E-state index in [0.717, 1.165) is 0 Å². The molecule has 1 nitrogen and oxygen atoms in total. The van der Waals surface area contributed by atoms with Crippen molar-refractivity contribution in [2.75, 3.05) is 0 Å². The minimum absolute atomic E-state index is 0.361. The lowest BCUT2D eigenvalue weighted by Crippen LogP contribution is -2.42. The van der Waals surface area contributed by atoms with Crippen LogP contribution in [0.3, 0.4) is 0 Å². The normalized spacial score (nSPS) is 14.3. The molecule has 0 aromatic carbocycles.